The van der Waals surface area contributed by atoms with Crippen molar-refractivity contribution in [1.29, 1.82) is 0 Å². The normalized spacial score (nSPS) is 24.5. The van der Waals surface area contributed by atoms with E-state index >= 15 is 0 Å². The second-order valence-electron chi connectivity index (χ2n) is 4.27. The van der Waals surface area contributed by atoms with Gasteiger partial charge in [-0.2, -0.15) is 0 Å². The van der Waals surface area contributed by atoms with E-state index in [-0.39, 0.29) is 17.9 Å². The third-order valence-electron chi connectivity index (χ3n) is 3.12. The number of hydrogen-bond acceptors (Lipinski definition) is 2. The van der Waals surface area contributed by atoms with Gasteiger partial charge in [0.25, 0.3) is 0 Å². The van der Waals surface area contributed by atoms with Gasteiger partial charge in [-0.15, -0.1) is 0 Å². The molecule has 0 spiro atoms. The van der Waals surface area contributed by atoms with Gasteiger partial charge in [-0.05, 0) is 24.8 Å². The summed E-state index contributed by atoms with van der Waals surface area (Å²) in [5.74, 6) is -0.320. The molecule has 16 heavy (non-hydrogen) atoms. The quantitative estimate of drug-likeness (QED) is 0.840. The van der Waals surface area contributed by atoms with Crippen molar-refractivity contribution in [2.24, 2.45) is 11.7 Å². The number of ether oxygens (including phenoxy) is 1. The van der Waals surface area contributed by atoms with E-state index < -0.39 is 0 Å². The van der Waals surface area contributed by atoms with Crippen LogP contribution in [-0.2, 0) is 16.1 Å². The number of nitrogens with two attached hydrogens (primary N) is 1. The SMILES string of the molecule is NC(=O)[C@H]1CCC[C@@H]1OCc1ccccc1. The largest absolute Gasteiger partial charge is 0.373 e. The van der Waals surface area contributed by atoms with E-state index in [4.69, 9.17) is 10.5 Å². The van der Waals surface area contributed by atoms with E-state index in [2.05, 4.69) is 0 Å². The Bertz CT molecular complexity index is 350. The monoisotopic (exact) mass is 219 g/mol. The molecule has 2 rings (SSSR count). The Labute approximate surface area is 95.6 Å². The fourth-order valence-corrected chi connectivity index (χ4v) is 2.23. The molecule has 0 bridgehead atoms. The summed E-state index contributed by atoms with van der Waals surface area (Å²) in [5, 5.41) is 0. The predicted molar refractivity (Wildman–Crippen MR) is 61.6 cm³/mol. The summed E-state index contributed by atoms with van der Waals surface area (Å²) in [6, 6.07) is 9.99. The van der Waals surface area contributed by atoms with E-state index in [1.165, 1.54) is 0 Å². The third-order valence-corrected chi connectivity index (χ3v) is 3.12. The maximum atomic E-state index is 11.2. The molecule has 1 fully saturated rings. The zero-order chi connectivity index (χ0) is 11.4. The summed E-state index contributed by atoms with van der Waals surface area (Å²) in [6.45, 7) is 0.565. The minimum Gasteiger partial charge on any atom is -0.373 e. The molecule has 3 heteroatoms. The Balaban J connectivity index is 1.88. The molecule has 0 heterocycles. The standard InChI is InChI=1S/C13H17NO2/c14-13(15)11-7-4-8-12(11)16-9-10-5-2-1-3-6-10/h1-3,5-6,11-12H,4,7-9H2,(H2,14,15)/t11-,12-/m0/s1. The van der Waals surface area contributed by atoms with E-state index in [1.807, 2.05) is 30.3 Å². The molecule has 1 aromatic rings. The highest BCUT2D eigenvalue weighted by Crippen LogP contribution is 2.28. The zero-order valence-electron chi connectivity index (χ0n) is 9.26. The van der Waals surface area contributed by atoms with Crippen LogP contribution in [0.2, 0.25) is 0 Å². The second kappa shape index (κ2) is 5.12. The Morgan fingerprint density at radius 3 is 2.75 bits per heavy atom. The van der Waals surface area contributed by atoms with E-state index in [0.29, 0.717) is 6.61 Å². The van der Waals surface area contributed by atoms with Crippen LogP contribution < -0.4 is 5.73 Å². The van der Waals surface area contributed by atoms with Crippen molar-refractivity contribution in [3.05, 3.63) is 35.9 Å². The molecule has 1 aromatic carbocycles. The van der Waals surface area contributed by atoms with Crippen molar-refractivity contribution in [2.75, 3.05) is 0 Å². The van der Waals surface area contributed by atoms with Gasteiger partial charge in [-0.1, -0.05) is 30.3 Å². The van der Waals surface area contributed by atoms with Crippen LogP contribution in [0, 0.1) is 5.92 Å². The number of carbonyl (C=O) groups excluding carboxylic acids is 1. The first-order valence-corrected chi connectivity index (χ1v) is 5.72. The Morgan fingerprint density at radius 1 is 1.31 bits per heavy atom. The average Bonchev–Trinajstić information content (AvgIpc) is 2.76. The van der Waals surface area contributed by atoms with Crippen LogP contribution in [0.15, 0.2) is 30.3 Å². The first-order valence-electron chi connectivity index (χ1n) is 5.72. The number of hydrogen-bond donors (Lipinski definition) is 1. The molecule has 0 aromatic heterocycles. The Morgan fingerprint density at radius 2 is 2.06 bits per heavy atom. The first-order chi connectivity index (χ1) is 7.77. The second-order valence-corrected chi connectivity index (χ2v) is 4.27. The lowest BCUT2D eigenvalue weighted by atomic mass is 10.1. The van der Waals surface area contributed by atoms with Gasteiger partial charge in [-0.3, -0.25) is 4.79 Å². The smallest absolute Gasteiger partial charge is 0.223 e. The van der Waals surface area contributed by atoms with Crippen LogP contribution in [0.25, 0.3) is 0 Å². The first kappa shape index (κ1) is 11.1. The van der Waals surface area contributed by atoms with Gasteiger partial charge in [-0.25, -0.2) is 0 Å². The number of amides is 1. The molecular formula is C13H17NO2. The molecular weight excluding hydrogens is 202 g/mol. The summed E-state index contributed by atoms with van der Waals surface area (Å²) in [4.78, 5) is 11.2. The number of carbonyl (C=O) groups is 1. The van der Waals surface area contributed by atoms with Crippen molar-refractivity contribution in [2.45, 2.75) is 32.0 Å². The van der Waals surface area contributed by atoms with Crippen LogP contribution >= 0.6 is 0 Å². The predicted octanol–water partition coefficient (Wildman–Crippen LogP) is 1.86. The zero-order valence-corrected chi connectivity index (χ0v) is 9.26. The lowest BCUT2D eigenvalue weighted by Crippen LogP contribution is -2.31. The van der Waals surface area contributed by atoms with Gasteiger partial charge in [0.1, 0.15) is 0 Å². The molecule has 2 atom stereocenters. The molecule has 0 radical (unpaired) electrons. The molecule has 1 aliphatic carbocycles. The van der Waals surface area contributed by atoms with Crippen molar-refractivity contribution in [1.82, 2.24) is 0 Å². The topological polar surface area (TPSA) is 52.3 Å². The van der Waals surface area contributed by atoms with Crippen molar-refractivity contribution in [3.8, 4) is 0 Å². The van der Waals surface area contributed by atoms with Crippen molar-refractivity contribution in [3.63, 3.8) is 0 Å². The van der Waals surface area contributed by atoms with Gasteiger partial charge in [0, 0.05) is 0 Å². The lowest BCUT2D eigenvalue weighted by Gasteiger charge is -2.17. The molecule has 0 saturated heterocycles. The summed E-state index contributed by atoms with van der Waals surface area (Å²) in [7, 11) is 0. The number of rotatable bonds is 4. The lowest BCUT2D eigenvalue weighted by molar-refractivity contribution is -0.126. The third kappa shape index (κ3) is 2.61. The van der Waals surface area contributed by atoms with Crippen LogP contribution in [0.1, 0.15) is 24.8 Å². The van der Waals surface area contributed by atoms with Crippen LogP contribution in [0.5, 0.6) is 0 Å². The number of primary amides is 1. The Hall–Kier alpha value is -1.35. The van der Waals surface area contributed by atoms with Gasteiger partial charge >= 0.3 is 0 Å². The van der Waals surface area contributed by atoms with Crippen LogP contribution in [0.3, 0.4) is 0 Å². The fourth-order valence-electron chi connectivity index (χ4n) is 2.23. The molecule has 2 N–H and O–H groups in total. The molecule has 86 valence electrons. The summed E-state index contributed by atoms with van der Waals surface area (Å²) in [5.41, 5.74) is 6.47. The molecule has 0 unspecified atom stereocenters. The van der Waals surface area contributed by atoms with Crippen LogP contribution in [0.4, 0.5) is 0 Å². The molecule has 1 amide bonds. The van der Waals surface area contributed by atoms with E-state index in [0.717, 1.165) is 24.8 Å². The fraction of sp³-hybridized carbons (Fsp3) is 0.462. The van der Waals surface area contributed by atoms with E-state index in [9.17, 15) is 4.79 Å². The van der Waals surface area contributed by atoms with Gasteiger partial charge in [0.2, 0.25) is 5.91 Å². The minimum atomic E-state index is -0.226. The highest BCUT2D eigenvalue weighted by atomic mass is 16.5. The Kier molecular flexibility index (Phi) is 3.57. The maximum absolute atomic E-state index is 11.2. The van der Waals surface area contributed by atoms with Crippen molar-refractivity contribution < 1.29 is 9.53 Å². The average molecular weight is 219 g/mol. The van der Waals surface area contributed by atoms with Gasteiger partial charge in [0.15, 0.2) is 0 Å². The summed E-state index contributed by atoms with van der Waals surface area (Å²) >= 11 is 0. The molecule has 3 nitrogen and oxygen atoms in total. The van der Waals surface area contributed by atoms with Gasteiger partial charge in [0.05, 0.1) is 18.6 Å². The minimum absolute atomic E-state index is 0.0118. The van der Waals surface area contributed by atoms with E-state index in [1.54, 1.807) is 0 Å². The highest BCUT2D eigenvalue weighted by molar-refractivity contribution is 5.77. The molecule has 0 aliphatic heterocycles. The number of benzene rings is 1. The van der Waals surface area contributed by atoms with Gasteiger partial charge < -0.3 is 10.5 Å². The molecule has 1 saturated carbocycles. The summed E-state index contributed by atoms with van der Waals surface area (Å²) in [6.07, 6.45) is 2.86. The summed E-state index contributed by atoms with van der Waals surface area (Å²) < 4.78 is 5.76. The maximum Gasteiger partial charge on any atom is 0.223 e. The van der Waals surface area contributed by atoms with Crippen molar-refractivity contribution >= 4 is 5.91 Å². The highest BCUT2D eigenvalue weighted by Gasteiger charge is 2.32. The molecule has 1 aliphatic rings. The van der Waals surface area contributed by atoms with Crippen LogP contribution in [-0.4, -0.2) is 12.0 Å².